The van der Waals surface area contributed by atoms with E-state index in [9.17, 15) is 4.79 Å². The average molecular weight is 350 g/mol. The summed E-state index contributed by atoms with van der Waals surface area (Å²) in [5.74, 6) is 0.438. The van der Waals surface area contributed by atoms with E-state index in [-0.39, 0.29) is 11.3 Å². The van der Waals surface area contributed by atoms with Gasteiger partial charge < -0.3 is 15.4 Å². The zero-order chi connectivity index (χ0) is 17.7. The Kier molecular flexibility index (Phi) is 3.50. The molecule has 0 radical (unpaired) electrons. The van der Waals surface area contributed by atoms with Crippen molar-refractivity contribution < 1.29 is 9.53 Å². The molecule has 3 heterocycles. The number of nitrogens with two attached hydrogens (primary N) is 1. The van der Waals surface area contributed by atoms with Crippen molar-refractivity contribution in [1.29, 1.82) is 0 Å². The molecule has 5 rings (SSSR count). The minimum absolute atomic E-state index is 0.0746. The molecule has 1 aromatic carbocycles. The molecule has 2 aromatic rings. The molecule has 0 bridgehead atoms. The molecule has 0 saturated carbocycles. The molecule has 2 N–H and O–H groups in total. The van der Waals surface area contributed by atoms with Crippen molar-refractivity contribution in [2.24, 2.45) is 0 Å². The Labute approximate surface area is 152 Å². The molecule has 6 nitrogen and oxygen atoms in total. The SMILES string of the molecule is Nc1ncc2c(n1)C1(CCCN(C(=O)c3cccc4c3COC4)C1)CC2. The van der Waals surface area contributed by atoms with Crippen molar-refractivity contribution in [2.75, 3.05) is 18.8 Å². The second-order valence-corrected chi connectivity index (χ2v) is 7.65. The number of hydrogen-bond donors (Lipinski definition) is 1. The zero-order valence-electron chi connectivity index (χ0n) is 14.7. The smallest absolute Gasteiger partial charge is 0.254 e. The number of nitrogens with zero attached hydrogens (tertiary/aromatic N) is 3. The highest BCUT2D eigenvalue weighted by Gasteiger charge is 2.45. The number of anilines is 1. The molecule has 1 amide bonds. The Hall–Kier alpha value is -2.47. The average Bonchev–Trinajstić information content (AvgIpc) is 3.27. The molecule has 2 aliphatic heterocycles. The first kappa shape index (κ1) is 15.8. The summed E-state index contributed by atoms with van der Waals surface area (Å²) in [7, 11) is 0. The van der Waals surface area contributed by atoms with E-state index in [4.69, 9.17) is 10.5 Å². The van der Waals surface area contributed by atoms with E-state index in [0.29, 0.717) is 25.7 Å². The predicted molar refractivity (Wildman–Crippen MR) is 96.5 cm³/mol. The molecule has 3 aliphatic rings. The van der Waals surface area contributed by atoms with Gasteiger partial charge in [0, 0.05) is 30.3 Å². The van der Waals surface area contributed by atoms with Crippen LogP contribution in [0.2, 0.25) is 0 Å². The number of likely N-dealkylation sites (tertiary alicyclic amines) is 1. The monoisotopic (exact) mass is 350 g/mol. The van der Waals surface area contributed by atoms with Gasteiger partial charge >= 0.3 is 0 Å². The normalized spacial score (nSPS) is 23.9. The first-order valence-corrected chi connectivity index (χ1v) is 9.26. The van der Waals surface area contributed by atoms with E-state index in [1.165, 1.54) is 5.56 Å². The van der Waals surface area contributed by atoms with Crippen molar-refractivity contribution in [3.8, 4) is 0 Å². The Morgan fingerprint density at radius 2 is 2.15 bits per heavy atom. The van der Waals surface area contributed by atoms with E-state index in [0.717, 1.165) is 54.6 Å². The van der Waals surface area contributed by atoms with Crippen LogP contribution in [0.3, 0.4) is 0 Å². The molecule has 1 saturated heterocycles. The molecule has 1 spiro atoms. The third kappa shape index (κ3) is 2.32. The summed E-state index contributed by atoms with van der Waals surface area (Å²) < 4.78 is 5.54. The van der Waals surface area contributed by atoms with E-state index in [2.05, 4.69) is 9.97 Å². The highest BCUT2D eigenvalue weighted by atomic mass is 16.5. The topological polar surface area (TPSA) is 81.3 Å². The number of hydrogen-bond acceptors (Lipinski definition) is 5. The van der Waals surface area contributed by atoms with E-state index < -0.39 is 0 Å². The van der Waals surface area contributed by atoms with Gasteiger partial charge in [0.2, 0.25) is 5.95 Å². The number of carbonyl (C=O) groups excluding carboxylic acids is 1. The van der Waals surface area contributed by atoms with Gasteiger partial charge in [-0.25, -0.2) is 9.97 Å². The van der Waals surface area contributed by atoms with Crippen LogP contribution in [0.5, 0.6) is 0 Å². The van der Waals surface area contributed by atoms with Crippen LogP contribution in [0.15, 0.2) is 24.4 Å². The molecule has 1 unspecified atom stereocenters. The highest BCUT2D eigenvalue weighted by molar-refractivity contribution is 5.96. The number of piperidine rings is 1. The largest absolute Gasteiger partial charge is 0.372 e. The molecular weight excluding hydrogens is 328 g/mol. The molecule has 26 heavy (non-hydrogen) atoms. The number of fused-ring (bicyclic) bond motifs is 3. The second-order valence-electron chi connectivity index (χ2n) is 7.65. The van der Waals surface area contributed by atoms with E-state index in [1.54, 1.807) is 0 Å². The van der Waals surface area contributed by atoms with Gasteiger partial charge in [-0.2, -0.15) is 0 Å². The fraction of sp³-hybridized carbons (Fsp3) is 0.450. The Balaban J connectivity index is 1.47. The number of aryl methyl sites for hydroxylation is 1. The van der Waals surface area contributed by atoms with Crippen LogP contribution in [0, 0.1) is 0 Å². The van der Waals surface area contributed by atoms with Gasteiger partial charge in [-0.15, -0.1) is 0 Å². The predicted octanol–water partition coefficient (Wildman–Crippen LogP) is 2.21. The lowest BCUT2D eigenvalue weighted by Gasteiger charge is -2.40. The first-order chi connectivity index (χ1) is 12.7. The molecule has 6 heteroatoms. The number of ether oxygens (including phenoxy) is 1. The zero-order valence-corrected chi connectivity index (χ0v) is 14.7. The number of aromatic nitrogens is 2. The van der Waals surface area contributed by atoms with Gasteiger partial charge in [0.15, 0.2) is 0 Å². The van der Waals surface area contributed by atoms with Crippen molar-refractivity contribution in [3.63, 3.8) is 0 Å². The maximum atomic E-state index is 13.3. The Bertz CT molecular complexity index is 893. The summed E-state index contributed by atoms with van der Waals surface area (Å²) in [4.78, 5) is 24.0. The van der Waals surface area contributed by atoms with Crippen molar-refractivity contribution in [2.45, 2.75) is 44.3 Å². The summed E-state index contributed by atoms with van der Waals surface area (Å²) >= 11 is 0. The Morgan fingerprint density at radius 1 is 1.23 bits per heavy atom. The summed E-state index contributed by atoms with van der Waals surface area (Å²) in [6.07, 6.45) is 5.87. The fourth-order valence-electron chi connectivity index (χ4n) is 4.83. The quantitative estimate of drug-likeness (QED) is 0.853. The number of carbonyl (C=O) groups is 1. The number of rotatable bonds is 1. The van der Waals surface area contributed by atoms with Crippen LogP contribution < -0.4 is 5.73 Å². The lowest BCUT2D eigenvalue weighted by atomic mass is 9.77. The van der Waals surface area contributed by atoms with Gasteiger partial charge in [0.1, 0.15) is 0 Å². The second kappa shape index (κ2) is 5.77. The third-order valence-corrected chi connectivity index (χ3v) is 6.13. The molecule has 1 fully saturated rings. The summed E-state index contributed by atoms with van der Waals surface area (Å²) in [5.41, 5.74) is 11.0. The number of nitrogen functional groups attached to an aromatic ring is 1. The lowest BCUT2D eigenvalue weighted by Crippen LogP contribution is -2.48. The van der Waals surface area contributed by atoms with E-state index >= 15 is 0 Å². The van der Waals surface area contributed by atoms with Crippen LogP contribution >= 0.6 is 0 Å². The maximum absolute atomic E-state index is 13.3. The fourth-order valence-corrected chi connectivity index (χ4v) is 4.83. The lowest BCUT2D eigenvalue weighted by molar-refractivity contribution is 0.0629. The molecular formula is C20H22N4O2. The van der Waals surface area contributed by atoms with Gasteiger partial charge in [-0.3, -0.25) is 4.79 Å². The molecule has 1 aliphatic carbocycles. The molecule has 134 valence electrons. The highest BCUT2D eigenvalue weighted by Crippen LogP contribution is 2.44. The van der Waals surface area contributed by atoms with Crippen molar-refractivity contribution >= 4 is 11.9 Å². The van der Waals surface area contributed by atoms with Crippen molar-refractivity contribution in [1.82, 2.24) is 14.9 Å². The molecule has 1 atom stereocenters. The third-order valence-electron chi connectivity index (χ3n) is 6.13. The van der Waals surface area contributed by atoms with Crippen LogP contribution in [-0.2, 0) is 29.8 Å². The minimum Gasteiger partial charge on any atom is -0.372 e. The van der Waals surface area contributed by atoms with Crippen LogP contribution in [0.25, 0.3) is 0 Å². The van der Waals surface area contributed by atoms with E-state index in [1.807, 2.05) is 29.3 Å². The maximum Gasteiger partial charge on any atom is 0.254 e. The summed E-state index contributed by atoms with van der Waals surface area (Å²) in [6, 6.07) is 5.93. The van der Waals surface area contributed by atoms with Crippen LogP contribution in [0.1, 0.15) is 52.0 Å². The first-order valence-electron chi connectivity index (χ1n) is 9.26. The number of amides is 1. The van der Waals surface area contributed by atoms with Crippen molar-refractivity contribution in [3.05, 3.63) is 52.3 Å². The van der Waals surface area contributed by atoms with Gasteiger partial charge in [0.25, 0.3) is 5.91 Å². The Morgan fingerprint density at radius 3 is 3.08 bits per heavy atom. The van der Waals surface area contributed by atoms with Crippen LogP contribution in [0.4, 0.5) is 5.95 Å². The minimum atomic E-state index is -0.0746. The number of benzene rings is 1. The van der Waals surface area contributed by atoms with Gasteiger partial charge in [0.05, 0.1) is 18.9 Å². The van der Waals surface area contributed by atoms with Gasteiger partial charge in [-0.05, 0) is 48.4 Å². The standard InChI is InChI=1S/C20H22N4O2/c21-19-22-9-13-5-7-20(17(13)23-19)6-2-8-24(12-20)18(25)15-4-1-3-14-10-26-11-16(14)15/h1,3-4,9H,2,5-8,10-12H2,(H2,21,22,23). The van der Waals surface area contributed by atoms with Crippen LogP contribution in [-0.4, -0.2) is 33.9 Å². The summed E-state index contributed by atoms with van der Waals surface area (Å²) in [6.45, 7) is 2.63. The summed E-state index contributed by atoms with van der Waals surface area (Å²) in [5, 5.41) is 0. The van der Waals surface area contributed by atoms with Gasteiger partial charge in [-0.1, -0.05) is 12.1 Å². The molecule has 1 aromatic heterocycles.